The Bertz CT molecular complexity index is 867. The van der Waals surface area contributed by atoms with E-state index in [1.165, 1.54) is 5.56 Å². The van der Waals surface area contributed by atoms with Crippen LogP contribution in [-0.2, 0) is 14.2 Å². The number of ether oxygens (including phenoxy) is 3. The Kier molecular flexibility index (Phi) is 7.93. The molecule has 2 fully saturated rings. The zero-order valence-corrected chi connectivity index (χ0v) is 19.1. The smallest absolute Gasteiger partial charge is 0.186 e. The lowest BCUT2D eigenvalue weighted by molar-refractivity contribution is -0.207. The minimum absolute atomic E-state index is 0.124. The molecule has 0 aromatic heterocycles. The van der Waals surface area contributed by atoms with Gasteiger partial charge in [-0.3, -0.25) is 0 Å². The van der Waals surface area contributed by atoms with Crippen LogP contribution in [0.2, 0.25) is 0 Å². The lowest BCUT2D eigenvalue weighted by Crippen LogP contribution is -2.27. The van der Waals surface area contributed by atoms with Gasteiger partial charge in [-0.15, -0.1) is 0 Å². The Morgan fingerprint density at radius 3 is 2.12 bits per heavy atom. The number of halogens is 2. The van der Waals surface area contributed by atoms with Gasteiger partial charge < -0.3 is 14.2 Å². The fourth-order valence-corrected chi connectivity index (χ4v) is 4.82. The summed E-state index contributed by atoms with van der Waals surface area (Å²) >= 11 is 0. The molecule has 2 aromatic rings. The molecule has 2 aromatic carbocycles. The van der Waals surface area contributed by atoms with Crippen molar-refractivity contribution in [3.63, 3.8) is 0 Å². The van der Waals surface area contributed by atoms with Crippen LogP contribution in [0.5, 0.6) is 0 Å². The number of benzene rings is 2. The van der Waals surface area contributed by atoms with E-state index in [9.17, 15) is 8.78 Å². The lowest BCUT2D eigenvalue weighted by Gasteiger charge is -2.30. The van der Waals surface area contributed by atoms with Crippen molar-refractivity contribution < 1.29 is 23.0 Å². The van der Waals surface area contributed by atoms with Crippen LogP contribution in [-0.4, -0.2) is 25.9 Å². The van der Waals surface area contributed by atoms with E-state index in [-0.39, 0.29) is 11.1 Å². The van der Waals surface area contributed by atoms with Crippen molar-refractivity contribution >= 4 is 0 Å². The van der Waals surface area contributed by atoms with Crippen LogP contribution in [0.4, 0.5) is 8.78 Å². The highest BCUT2D eigenvalue weighted by molar-refractivity contribution is 5.65. The third-order valence-electron chi connectivity index (χ3n) is 6.70. The Morgan fingerprint density at radius 1 is 0.781 bits per heavy atom. The molecule has 0 radical (unpaired) electrons. The van der Waals surface area contributed by atoms with Gasteiger partial charge in [0.15, 0.2) is 17.9 Å². The van der Waals surface area contributed by atoms with Crippen molar-refractivity contribution in [2.45, 2.75) is 70.7 Å². The molecular weight excluding hydrogens is 410 g/mol. The van der Waals surface area contributed by atoms with E-state index in [1.54, 1.807) is 12.1 Å². The monoisotopic (exact) mass is 444 g/mol. The van der Waals surface area contributed by atoms with Gasteiger partial charge in [0.05, 0.1) is 25.9 Å². The van der Waals surface area contributed by atoms with Crippen LogP contribution in [0, 0.1) is 17.6 Å². The molecule has 4 rings (SSSR count). The molecule has 2 aliphatic rings. The SMILES string of the molecule is CCCC1COC(c2ccc(-c3ccc(C4CCC(CCC)OC4)cc3)c(F)c2F)OC1. The molecule has 0 saturated carbocycles. The van der Waals surface area contributed by atoms with Crippen LogP contribution >= 0.6 is 0 Å². The Balaban J connectivity index is 1.43. The first-order valence-electron chi connectivity index (χ1n) is 12.0. The average Bonchev–Trinajstić information content (AvgIpc) is 2.83. The summed E-state index contributed by atoms with van der Waals surface area (Å²) < 4.78 is 47.2. The standard InChI is InChI=1S/C27H34F2O3/c1-3-5-18-15-31-27(32-16-18)24-14-13-23(25(28)26(24)29)20-9-7-19(8-10-20)21-11-12-22(6-4-2)30-17-21/h7-10,13-14,18,21-22,27H,3-6,11-12,15-17H2,1-2H3. The van der Waals surface area contributed by atoms with Crippen LogP contribution in [0.25, 0.3) is 11.1 Å². The summed E-state index contributed by atoms with van der Waals surface area (Å²) in [5.41, 5.74) is 2.22. The van der Waals surface area contributed by atoms with E-state index in [0.29, 0.717) is 36.7 Å². The number of rotatable bonds is 7. The van der Waals surface area contributed by atoms with Crippen LogP contribution in [0.1, 0.15) is 75.7 Å². The second kappa shape index (κ2) is 10.9. The molecule has 2 heterocycles. The quantitative estimate of drug-likeness (QED) is 0.454. The summed E-state index contributed by atoms with van der Waals surface area (Å²) in [5, 5.41) is 0. The van der Waals surface area contributed by atoms with Gasteiger partial charge in [-0.1, -0.05) is 63.1 Å². The Labute approximate surface area is 190 Å². The van der Waals surface area contributed by atoms with Gasteiger partial charge in [0, 0.05) is 23.0 Å². The van der Waals surface area contributed by atoms with Gasteiger partial charge in [-0.05, 0) is 36.8 Å². The number of hydrogen-bond donors (Lipinski definition) is 0. The van der Waals surface area contributed by atoms with Crippen molar-refractivity contribution in [3.8, 4) is 11.1 Å². The predicted molar refractivity (Wildman–Crippen MR) is 121 cm³/mol. The first kappa shape index (κ1) is 23.3. The minimum atomic E-state index is -0.895. The molecule has 32 heavy (non-hydrogen) atoms. The molecule has 2 saturated heterocycles. The minimum Gasteiger partial charge on any atom is -0.378 e. The molecule has 0 N–H and O–H groups in total. The molecule has 2 atom stereocenters. The predicted octanol–water partition coefficient (Wildman–Crippen LogP) is 7.16. The second-order valence-corrected chi connectivity index (χ2v) is 9.12. The van der Waals surface area contributed by atoms with E-state index < -0.39 is 17.9 Å². The van der Waals surface area contributed by atoms with Gasteiger partial charge in [-0.2, -0.15) is 0 Å². The van der Waals surface area contributed by atoms with Crippen molar-refractivity contribution in [1.29, 1.82) is 0 Å². The first-order chi connectivity index (χ1) is 15.6. The Hall–Kier alpha value is -1.82. The van der Waals surface area contributed by atoms with E-state index in [0.717, 1.165) is 45.1 Å². The molecule has 0 aliphatic carbocycles. The van der Waals surface area contributed by atoms with Crippen molar-refractivity contribution in [3.05, 3.63) is 59.2 Å². The Morgan fingerprint density at radius 2 is 1.50 bits per heavy atom. The highest BCUT2D eigenvalue weighted by Gasteiger charge is 2.28. The van der Waals surface area contributed by atoms with Gasteiger partial charge in [0.1, 0.15) is 0 Å². The van der Waals surface area contributed by atoms with Crippen LogP contribution in [0.15, 0.2) is 36.4 Å². The molecule has 5 heteroatoms. The van der Waals surface area contributed by atoms with Crippen molar-refractivity contribution in [2.24, 2.45) is 5.92 Å². The molecule has 2 aliphatic heterocycles. The summed E-state index contributed by atoms with van der Waals surface area (Å²) in [4.78, 5) is 0. The third-order valence-corrected chi connectivity index (χ3v) is 6.70. The van der Waals surface area contributed by atoms with Gasteiger partial charge in [-0.25, -0.2) is 8.78 Å². The summed E-state index contributed by atoms with van der Waals surface area (Å²) in [6.07, 6.45) is 6.01. The summed E-state index contributed by atoms with van der Waals surface area (Å²) in [6.45, 7) is 6.03. The summed E-state index contributed by atoms with van der Waals surface area (Å²) in [5.74, 6) is -1.08. The molecular formula is C27H34F2O3. The van der Waals surface area contributed by atoms with E-state index in [2.05, 4.69) is 13.8 Å². The van der Waals surface area contributed by atoms with E-state index in [4.69, 9.17) is 14.2 Å². The van der Waals surface area contributed by atoms with Gasteiger partial charge in [0.25, 0.3) is 0 Å². The largest absolute Gasteiger partial charge is 0.378 e. The first-order valence-corrected chi connectivity index (χ1v) is 12.0. The topological polar surface area (TPSA) is 27.7 Å². The van der Waals surface area contributed by atoms with Crippen LogP contribution < -0.4 is 0 Å². The molecule has 0 spiro atoms. The highest BCUT2D eigenvalue weighted by atomic mass is 19.2. The summed E-state index contributed by atoms with van der Waals surface area (Å²) in [6, 6.07) is 11.0. The molecule has 3 nitrogen and oxygen atoms in total. The fourth-order valence-electron chi connectivity index (χ4n) is 4.82. The highest BCUT2D eigenvalue weighted by Crippen LogP contribution is 2.35. The molecule has 0 bridgehead atoms. The maximum atomic E-state index is 15.0. The van der Waals surface area contributed by atoms with E-state index >= 15 is 0 Å². The van der Waals surface area contributed by atoms with Crippen molar-refractivity contribution in [2.75, 3.05) is 19.8 Å². The third kappa shape index (κ3) is 5.22. The second-order valence-electron chi connectivity index (χ2n) is 9.12. The zero-order valence-electron chi connectivity index (χ0n) is 19.1. The average molecular weight is 445 g/mol. The van der Waals surface area contributed by atoms with E-state index in [1.807, 2.05) is 24.3 Å². The zero-order chi connectivity index (χ0) is 22.5. The summed E-state index contributed by atoms with van der Waals surface area (Å²) in [7, 11) is 0. The fraction of sp³-hybridized carbons (Fsp3) is 0.556. The number of hydrogen-bond acceptors (Lipinski definition) is 3. The lowest BCUT2D eigenvalue weighted by atomic mass is 9.89. The van der Waals surface area contributed by atoms with Gasteiger partial charge in [0.2, 0.25) is 0 Å². The molecule has 0 amide bonds. The molecule has 174 valence electrons. The van der Waals surface area contributed by atoms with Crippen LogP contribution in [0.3, 0.4) is 0 Å². The van der Waals surface area contributed by atoms with Gasteiger partial charge >= 0.3 is 0 Å². The molecule has 2 unspecified atom stereocenters. The maximum absolute atomic E-state index is 15.0. The maximum Gasteiger partial charge on any atom is 0.186 e. The normalized spacial score (nSPS) is 26.2. The van der Waals surface area contributed by atoms with Crippen molar-refractivity contribution in [1.82, 2.24) is 0 Å².